The molecule has 0 saturated carbocycles. The van der Waals surface area contributed by atoms with Crippen LogP contribution in [0.5, 0.6) is 5.75 Å². The molecule has 0 fully saturated rings. The van der Waals surface area contributed by atoms with Gasteiger partial charge in [0.05, 0.1) is 0 Å². The van der Waals surface area contributed by atoms with Crippen molar-refractivity contribution in [3.63, 3.8) is 0 Å². The zero-order valence-corrected chi connectivity index (χ0v) is 8.20. The number of aryl methyl sites for hydroxylation is 1. The molecule has 1 rings (SSSR count). The first-order valence-corrected chi connectivity index (χ1v) is 4.29. The summed E-state index contributed by atoms with van der Waals surface area (Å²) in [7, 11) is 0. The van der Waals surface area contributed by atoms with E-state index in [1.54, 1.807) is 0 Å². The Morgan fingerprint density at radius 1 is 1.31 bits per heavy atom. The Hall–Kier alpha value is -1.06. The van der Waals surface area contributed by atoms with Gasteiger partial charge in [0.25, 0.3) is 0 Å². The van der Waals surface area contributed by atoms with E-state index in [-0.39, 0.29) is 0 Å². The molecule has 0 bridgehead atoms. The molecule has 72 valence electrons. The second kappa shape index (κ2) is 4.25. The van der Waals surface area contributed by atoms with E-state index in [1.807, 2.05) is 19.1 Å². The fraction of sp³-hybridized carbons (Fsp3) is 0.400. The van der Waals surface area contributed by atoms with Crippen LogP contribution in [-0.2, 0) is 4.99 Å². The predicted octanol–water partition coefficient (Wildman–Crippen LogP) is 2.30. The molecule has 0 heterocycles. The Bertz CT molecular complexity index is 284. The van der Waals surface area contributed by atoms with Gasteiger partial charge in [0, 0.05) is 0 Å². The van der Waals surface area contributed by atoms with Gasteiger partial charge in [0.1, 0.15) is 0 Å². The molecule has 0 aromatic heterocycles. The summed E-state index contributed by atoms with van der Waals surface area (Å²) in [5.41, 5.74) is 2.22. The third-order valence-corrected chi connectivity index (χ3v) is 2.02. The normalized spacial score (nSPS) is 10.5. The van der Waals surface area contributed by atoms with E-state index in [2.05, 4.69) is 24.9 Å². The molecule has 3 nitrogen and oxygen atoms in total. The van der Waals surface area contributed by atoms with Crippen LogP contribution in [0.15, 0.2) is 18.2 Å². The molecule has 2 N–H and O–H groups in total. The fourth-order valence-corrected chi connectivity index (χ4v) is 1.12. The minimum atomic E-state index is 0.473. The Morgan fingerprint density at radius 2 is 2.00 bits per heavy atom. The van der Waals surface area contributed by atoms with Crippen molar-refractivity contribution in [3.05, 3.63) is 29.3 Å². The summed E-state index contributed by atoms with van der Waals surface area (Å²) in [4.78, 5) is 8.95. The van der Waals surface area contributed by atoms with Crippen LogP contribution in [0.4, 0.5) is 0 Å². The molecule has 0 aliphatic heterocycles. The molecule has 3 heteroatoms. The summed E-state index contributed by atoms with van der Waals surface area (Å²) in [6, 6.07) is 6.00. The van der Waals surface area contributed by atoms with Crippen molar-refractivity contribution in [2.24, 2.45) is 5.90 Å². The monoisotopic (exact) mass is 181 g/mol. The minimum absolute atomic E-state index is 0.473. The molecule has 0 atom stereocenters. The third kappa shape index (κ3) is 2.44. The predicted molar refractivity (Wildman–Crippen MR) is 51.2 cm³/mol. The molecule has 0 amide bonds. The summed E-state index contributed by atoms with van der Waals surface area (Å²) in [6.07, 6.45) is 0. The highest BCUT2D eigenvalue weighted by atomic mass is 17.3. The van der Waals surface area contributed by atoms with Crippen molar-refractivity contribution in [2.75, 3.05) is 0 Å². The van der Waals surface area contributed by atoms with Crippen molar-refractivity contribution in [3.8, 4) is 5.75 Å². The summed E-state index contributed by atoms with van der Waals surface area (Å²) in [5.74, 6) is 5.98. The zero-order chi connectivity index (χ0) is 9.84. The van der Waals surface area contributed by atoms with Gasteiger partial charge in [-0.2, -0.15) is 5.90 Å². The minimum Gasteiger partial charge on any atom is -0.319 e. The maximum Gasteiger partial charge on any atom is 0.170 e. The SMILES string of the molecule is Cc1ccc(C(C)C)cc1OON. The average Bonchev–Trinajstić information content (AvgIpc) is 2.08. The van der Waals surface area contributed by atoms with Crippen LogP contribution < -0.4 is 10.8 Å². The molecule has 0 spiro atoms. The summed E-state index contributed by atoms with van der Waals surface area (Å²) >= 11 is 0. The van der Waals surface area contributed by atoms with Crippen LogP contribution in [0.25, 0.3) is 0 Å². The molecule has 0 saturated heterocycles. The summed E-state index contributed by atoms with van der Waals surface area (Å²) in [6.45, 7) is 6.19. The van der Waals surface area contributed by atoms with Crippen LogP contribution in [0.2, 0.25) is 0 Å². The van der Waals surface area contributed by atoms with Crippen LogP contribution in [0, 0.1) is 6.92 Å². The summed E-state index contributed by atoms with van der Waals surface area (Å²) < 4.78 is 0. The lowest BCUT2D eigenvalue weighted by atomic mass is 10.0. The van der Waals surface area contributed by atoms with Crippen molar-refractivity contribution >= 4 is 0 Å². The van der Waals surface area contributed by atoms with E-state index in [0.29, 0.717) is 11.7 Å². The Morgan fingerprint density at radius 3 is 2.54 bits per heavy atom. The standard InChI is InChI=1S/C10H15NO2/c1-7(2)9-5-4-8(3)10(6-9)12-13-11/h4-7H,11H2,1-3H3. The lowest BCUT2D eigenvalue weighted by molar-refractivity contribution is -0.211. The maximum atomic E-state index is 4.83. The van der Waals surface area contributed by atoms with E-state index in [9.17, 15) is 0 Å². The van der Waals surface area contributed by atoms with Gasteiger partial charge in [-0.25, -0.2) is 0 Å². The number of nitrogens with two attached hydrogens (primary N) is 1. The van der Waals surface area contributed by atoms with E-state index >= 15 is 0 Å². The fourth-order valence-electron chi connectivity index (χ4n) is 1.12. The van der Waals surface area contributed by atoms with Crippen molar-refractivity contribution in [1.82, 2.24) is 0 Å². The number of rotatable bonds is 3. The van der Waals surface area contributed by atoms with E-state index < -0.39 is 0 Å². The van der Waals surface area contributed by atoms with Crippen LogP contribution in [0.1, 0.15) is 30.9 Å². The molecule has 1 aromatic carbocycles. The molecular weight excluding hydrogens is 166 g/mol. The van der Waals surface area contributed by atoms with Gasteiger partial charge in [0.15, 0.2) is 5.75 Å². The molecule has 1 aromatic rings. The summed E-state index contributed by atoms with van der Waals surface area (Å²) in [5, 5.41) is 0. The Kier molecular flexibility index (Phi) is 3.28. The van der Waals surface area contributed by atoms with Gasteiger partial charge in [0.2, 0.25) is 0 Å². The van der Waals surface area contributed by atoms with Crippen LogP contribution in [-0.4, -0.2) is 0 Å². The van der Waals surface area contributed by atoms with Gasteiger partial charge in [-0.05, 0) is 30.0 Å². The lowest BCUT2D eigenvalue weighted by Crippen LogP contribution is -2.04. The van der Waals surface area contributed by atoms with Crippen LogP contribution >= 0.6 is 0 Å². The van der Waals surface area contributed by atoms with E-state index in [0.717, 1.165) is 5.56 Å². The molecular formula is C10H15NO2. The Balaban J connectivity index is 2.97. The molecule has 0 aliphatic rings. The topological polar surface area (TPSA) is 44.5 Å². The van der Waals surface area contributed by atoms with Crippen molar-refractivity contribution < 1.29 is 9.88 Å². The molecule has 13 heavy (non-hydrogen) atoms. The average molecular weight is 181 g/mol. The second-order valence-corrected chi connectivity index (χ2v) is 3.36. The first-order valence-electron chi connectivity index (χ1n) is 4.29. The number of hydrogen-bond acceptors (Lipinski definition) is 3. The van der Waals surface area contributed by atoms with Crippen molar-refractivity contribution in [1.29, 1.82) is 0 Å². The Labute approximate surface area is 78.3 Å². The molecule has 0 unspecified atom stereocenters. The highest BCUT2D eigenvalue weighted by Gasteiger charge is 2.04. The largest absolute Gasteiger partial charge is 0.319 e. The van der Waals surface area contributed by atoms with Crippen LogP contribution in [0.3, 0.4) is 0 Å². The first kappa shape index (κ1) is 10.0. The maximum absolute atomic E-state index is 4.83. The van der Waals surface area contributed by atoms with E-state index in [1.165, 1.54) is 5.56 Å². The third-order valence-electron chi connectivity index (χ3n) is 2.02. The van der Waals surface area contributed by atoms with Gasteiger partial charge in [-0.15, -0.1) is 0 Å². The van der Waals surface area contributed by atoms with Gasteiger partial charge < -0.3 is 4.89 Å². The first-order chi connectivity index (χ1) is 6.15. The van der Waals surface area contributed by atoms with E-state index in [4.69, 9.17) is 10.8 Å². The molecule has 0 aliphatic carbocycles. The smallest absolute Gasteiger partial charge is 0.170 e. The highest BCUT2D eigenvalue weighted by Crippen LogP contribution is 2.23. The highest BCUT2D eigenvalue weighted by molar-refractivity contribution is 5.37. The lowest BCUT2D eigenvalue weighted by Gasteiger charge is -2.09. The van der Waals surface area contributed by atoms with Gasteiger partial charge >= 0.3 is 0 Å². The molecule has 0 radical (unpaired) electrons. The number of hydrogen-bond donors (Lipinski definition) is 1. The van der Waals surface area contributed by atoms with Gasteiger partial charge in [-0.3, -0.25) is 0 Å². The zero-order valence-electron chi connectivity index (χ0n) is 8.20. The quantitative estimate of drug-likeness (QED) is 0.574. The number of benzene rings is 1. The second-order valence-electron chi connectivity index (χ2n) is 3.36. The van der Waals surface area contributed by atoms with Gasteiger partial charge in [-0.1, -0.05) is 31.0 Å². The van der Waals surface area contributed by atoms with Crippen molar-refractivity contribution in [2.45, 2.75) is 26.7 Å².